The minimum Gasteiger partial charge on any atom is -0.497 e. The lowest BCUT2D eigenvalue weighted by molar-refractivity contribution is -0.125. The minimum atomic E-state index is -0.288. The van der Waals surface area contributed by atoms with Crippen LogP contribution in [0.1, 0.15) is 35.2 Å². The second-order valence-electron chi connectivity index (χ2n) is 12.4. The van der Waals surface area contributed by atoms with Gasteiger partial charge in [-0.2, -0.15) is 5.10 Å². The highest BCUT2D eigenvalue weighted by Crippen LogP contribution is 2.35. The summed E-state index contributed by atoms with van der Waals surface area (Å²) in [5.41, 5.74) is 2.15. The molecule has 1 aliphatic carbocycles. The molecule has 1 atom stereocenters. The van der Waals surface area contributed by atoms with Gasteiger partial charge in [-0.25, -0.2) is 14.6 Å². The van der Waals surface area contributed by atoms with Gasteiger partial charge in [-0.15, -0.1) is 0 Å². The largest absolute Gasteiger partial charge is 0.497 e. The third-order valence-corrected chi connectivity index (χ3v) is 8.83. The van der Waals surface area contributed by atoms with Crippen LogP contribution < -0.4 is 20.1 Å². The highest BCUT2D eigenvalue weighted by atomic mass is 16.5. The average molecular weight is 662 g/mol. The second-order valence-corrected chi connectivity index (χ2v) is 12.4. The van der Waals surface area contributed by atoms with Crippen LogP contribution in [0.4, 0.5) is 11.8 Å². The molecule has 0 spiro atoms. The zero-order chi connectivity index (χ0) is 33.7. The van der Waals surface area contributed by atoms with E-state index in [-0.39, 0.29) is 17.9 Å². The number of rotatable bonds is 13. The van der Waals surface area contributed by atoms with Crippen LogP contribution in [-0.4, -0.2) is 92.2 Å². The number of likely N-dealkylation sites (tertiary alicyclic amines) is 1. The number of pyridine rings is 1. The topological polar surface area (TPSA) is 143 Å². The summed E-state index contributed by atoms with van der Waals surface area (Å²) < 4.78 is 13.6. The van der Waals surface area contributed by atoms with Crippen LogP contribution in [0, 0.1) is 0 Å². The summed E-state index contributed by atoms with van der Waals surface area (Å²) in [4.78, 5) is 41.4. The number of likely N-dealkylation sites (N-methyl/N-ethyl adjacent to an activating group) is 1. The average Bonchev–Trinajstić information content (AvgIpc) is 3.47. The van der Waals surface area contributed by atoms with Crippen molar-refractivity contribution in [2.24, 2.45) is 0 Å². The van der Waals surface area contributed by atoms with Crippen molar-refractivity contribution < 1.29 is 19.1 Å². The maximum Gasteiger partial charge on any atom is 0.257 e. The molecule has 1 unspecified atom stereocenters. The molecule has 1 aliphatic heterocycles. The quantitative estimate of drug-likeness (QED) is 0.150. The number of hydrogen-bond acceptors (Lipinski definition) is 9. The van der Waals surface area contributed by atoms with Crippen molar-refractivity contribution in [3.8, 4) is 17.2 Å². The fourth-order valence-electron chi connectivity index (χ4n) is 5.95. The SMILES string of the molecule is COc1ccc(Cn2nc(NC3CCN(C(=O)/C=C/CN(C)C4CC4)C3)c3c(Oc4ccc(C(=O)Nc5ncc[nH]5)cc4)ccnc32)cc1. The van der Waals surface area contributed by atoms with Gasteiger partial charge in [0.05, 0.1) is 13.7 Å². The van der Waals surface area contributed by atoms with E-state index in [1.54, 1.807) is 62.1 Å². The smallest absolute Gasteiger partial charge is 0.257 e. The van der Waals surface area contributed by atoms with Gasteiger partial charge in [-0.3, -0.25) is 19.8 Å². The lowest BCUT2D eigenvalue weighted by Gasteiger charge is -2.16. The highest BCUT2D eigenvalue weighted by molar-refractivity contribution is 6.03. The Bertz CT molecular complexity index is 1930. The number of aromatic amines is 1. The molecule has 3 aromatic heterocycles. The maximum absolute atomic E-state index is 13.0. The Morgan fingerprint density at radius 3 is 2.55 bits per heavy atom. The van der Waals surface area contributed by atoms with E-state index in [0.717, 1.165) is 29.7 Å². The number of methoxy groups -OCH3 is 1. The van der Waals surface area contributed by atoms with Crippen molar-refractivity contribution in [3.05, 3.63) is 96.5 Å². The lowest BCUT2D eigenvalue weighted by atomic mass is 10.2. The Kier molecular flexibility index (Phi) is 9.24. The van der Waals surface area contributed by atoms with E-state index in [0.29, 0.717) is 60.2 Å². The van der Waals surface area contributed by atoms with Gasteiger partial charge in [0, 0.05) is 68.0 Å². The number of nitrogens with one attached hydrogen (secondary N) is 3. The number of hydrogen-bond donors (Lipinski definition) is 3. The monoisotopic (exact) mass is 661 g/mol. The van der Waals surface area contributed by atoms with Gasteiger partial charge in [0.15, 0.2) is 11.5 Å². The number of fused-ring (bicyclic) bond motifs is 1. The summed E-state index contributed by atoms with van der Waals surface area (Å²) >= 11 is 0. The fourth-order valence-corrected chi connectivity index (χ4v) is 5.95. The molecular weight excluding hydrogens is 622 g/mol. The molecule has 1 saturated heterocycles. The van der Waals surface area contributed by atoms with Crippen LogP contribution in [0.15, 0.2) is 85.3 Å². The standard InChI is InChI=1S/C36H39N9O4/c1-43(27-9-10-27)20-3-4-31(46)44-21-16-26(23-44)40-33-32-30(49-29-13-7-25(8-14-29)35(47)41-36-38-18-19-39-36)15-17-37-34(32)45(42-33)22-24-5-11-28(48-2)12-6-24/h3-8,11-15,17-19,26-27H,9-10,16,20-23H2,1-2H3,(H,40,42)(H2,38,39,41,47)/b4-3+. The predicted octanol–water partition coefficient (Wildman–Crippen LogP) is 4.92. The molecule has 0 bridgehead atoms. The van der Waals surface area contributed by atoms with Gasteiger partial charge in [0.2, 0.25) is 11.9 Å². The van der Waals surface area contributed by atoms with Crippen LogP contribution in [0.3, 0.4) is 0 Å². The first-order valence-corrected chi connectivity index (χ1v) is 16.4. The number of aromatic nitrogens is 5. The Morgan fingerprint density at radius 1 is 1.02 bits per heavy atom. The van der Waals surface area contributed by atoms with Crippen LogP contribution in [0.5, 0.6) is 17.2 Å². The van der Waals surface area contributed by atoms with Crippen molar-refractivity contribution in [2.75, 3.05) is 44.4 Å². The fraction of sp³-hybridized carbons (Fsp3) is 0.306. The number of amides is 2. The summed E-state index contributed by atoms with van der Waals surface area (Å²) in [6, 6.07) is 17.2. The van der Waals surface area contributed by atoms with E-state index in [9.17, 15) is 9.59 Å². The molecule has 7 rings (SSSR count). The van der Waals surface area contributed by atoms with E-state index in [2.05, 4.69) is 32.5 Å². The number of ether oxygens (including phenoxy) is 2. The first-order valence-electron chi connectivity index (χ1n) is 16.4. The van der Waals surface area contributed by atoms with Crippen LogP contribution in [-0.2, 0) is 11.3 Å². The lowest BCUT2D eigenvalue weighted by Crippen LogP contribution is -2.30. The van der Waals surface area contributed by atoms with Gasteiger partial charge in [0.1, 0.15) is 22.6 Å². The first-order chi connectivity index (χ1) is 23.9. The summed E-state index contributed by atoms with van der Waals surface area (Å²) in [5, 5.41) is 12.0. The maximum atomic E-state index is 13.0. The number of carbonyl (C=O) groups excluding carboxylic acids is 2. The van der Waals surface area contributed by atoms with Gasteiger partial charge < -0.3 is 24.7 Å². The molecule has 13 nitrogen and oxygen atoms in total. The van der Waals surface area contributed by atoms with E-state index >= 15 is 0 Å². The molecule has 1 saturated carbocycles. The third-order valence-electron chi connectivity index (χ3n) is 8.83. The molecule has 0 radical (unpaired) electrons. The van der Waals surface area contributed by atoms with Crippen molar-refractivity contribution >= 4 is 34.6 Å². The molecule has 13 heteroatoms. The molecule has 252 valence electrons. The molecule has 3 N–H and O–H groups in total. The van der Waals surface area contributed by atoms with E-state index < -0.39 is 0 Å². The zero-order valence-electron chi connectivity index (χ0n) is 27.5. The molecule has 2 amide bonds. The number of carbonyl (C=O) groups is 2. The summed E-state index contributed by atoms with van der Waals surface area (Å²) in [6.07, 6.45) is 11.8. The Labute approximate surface area is 283 Å². The van der Waals surface area contributed by atoms with Gasteiger partial charge in [-0.05, 0) is 68.3 Å². The van der Waals surface area contributed by atoms with Gasteiger partial charge in [0.25, 0.3) is 5.91 Å². The molecule has 2 aromatic carbocycles. The number of anilines is 2. The minimum absolute atomic E-state index is 0.000891. The molecular formula is C36H39N9O4. The Morgan fingerprint density at radius 2 is 1.82 bits per heavy atom. The van der Waals surface area contributed by atoms with E-state index in [1.165, 1.54) is 12.8 Å². The predicted molar refractivity (Wildman–Crippen MR) is 186 cm³/mol. The Hall–Kier alpha value is -5.69. The summed E-state index contributed by atoms with van der Waals surface area (Å²) in [5.74, 6) is 2.63. The summed E-state index contributed by atoms with van der Waals surface area (Å²) in [6.45, 7) is 2.48. The number of benzene rings is 2. The van der Waals surface area contributed by atoms with Crippen LogP contribution in [0.2, 0.25) is 0 Å². The van der Waals surface area contributed by atoms with Crippen LogP contribution in [0.25, 0.3) is 11.0 Å². The number of nitrogens with zero attached hydrogens (tertiary/aromatic N) is 6. The molecule has 4 heterocycles. The van der Waals surface area contributed by atoms with Crippen molar-refractivity contribution in [1.29, 1.82) is 0 Å². The molecule has 5 aromatic rings. The van der Waals surface area contributed by atoms with Crippen molar-refractivity contribution in [2.45, 2.75) is 37.9 Å². The number of H-pyrrole nitrogens is 1. The van der Waals surface area contributed by atoms with E-state index in [1.807, 2.05) is 39.9 Å². The van der Waals surface area contributed by atoms with Crippen molar-refractivity contribution in [1.82, 2.24) is 34.5 Å². The molecule has 49 heavy (non-hydrogen) atoms. The van der Waals surface area contributed by atoms with E-state index in [4.69, 9.17) is 19.6 Å². The highest BCUT2D eigenvalue weighted by Gasteiger charge is 2.28. The summed E-state index contributed by atoms with van der Waals surface area (Å²) in [7, 11) is 3.75. The van der Waals surface area contributed by atoms with Crippen LogP contribution >= 0.6 is 0 Å². The normalized spacial score (nSPS) is 16.1. The zero-order valence-corrected chi connectivity index (χ0v) is 27.5. The third kappa shape index (κ3) is 7.57. The Balaban J connectivity index is 1.11. The van der Waals surface area contributed by atoms with Gasteiger partial charge >= 0.3 is 0 Å². The number of imidazole rings is 1. The first kappa shape index (κ1) is 31.9. The van der Waals surface area contributed by atoms with Gasteiger partial charge in [-0.1, -0.05) is 18.2 Å². The molecule has 2 fully saturated rings. The van der Waals surface area contributed by atoms with Crippen molar-refractivity contribution in [3.63, 3.8) is 0 Å². The second kappa shape index (κ2) is 14.2. The molecule has 2 aliphatic rings.